The van der Waals surface area contributed by atoms with Crippen molar-refractivity contribution < 1.29 is 4.79 Å². The Kier molecular flexibility index (Phi) is 6.18. The molecule has 0 bridgehead atoms. The minimum atomic E-state index is 0.318. The highest BCUT2D eigenvalue weighted by Gasteiger charge is 2.11. The number of carbonyl (C=O) groups is 1. The van der Waals surface area contributed by atoms with E-state index in [0.717, 1.165) is 18.3 Å². The lowest BCUT2D eigenvalue weighted by Crippen LogP contribution is -2.08. The van der Waals surface area contributed by atoms with Crippen molar-refractivity contribution in [3.05, 3.63) is 24.3 Å². The van der Waals surface area contributed by atoms with Gasteiger partial charge in [0.05, 0.1) is 0 Å². The summed E-state index contributed by atoms with van der Waals surface area (Å²) in [6, 6.07) is 0. The fraction of sp³-hybridized carbons (Fsp3) is 0.615. The molecule has 80 valence electrons. The Morgan fingerprint density at radius 3 is 2.14 bits per heavy atom. The van der Waals surface area contributed by atoms with Crippen molar-refractivity contribution in [1.82, 2.24) is 0 Å². The quantitative estimate of drug-likeness (QED) is 0.358. The Hall–Kier alpha value is -0.850. The van der Waals surface area contributed by atoms with Crippen molar-refractivity contribution in [1.29, 1.82) is 0 Å². The maximum absolute atomic E-state index is 10.8. The van der Waals surface area contributed by atoms with Crippen LogP contribution in [0, 0.1) is 17.8 Å². The van der Waals surface area contributed by atoms with Gasteiger partial charge >= 0.3 is 0 Å². The Balaban J connectivity index is 4.65. The monoisotopic (exact) mass is 194 g/mol. The zero-order valence-electron chi connectivity index (χ0n) is 9.79. The lowest BCUT2D eigenvalue weighted by atomic mass is 9.88. The molecular weight excluding hydrogens is 172 g/mol. The SMILES string of the molecule is C=CCC(/C=C(/C=O)C(C)C)C(C)C. The molecule has 0 heterocycles. The first-order valence-electron chi connectivity index (χ1n) is 5.30. The number of allylic oxidation sites excluding steroid dienone is 3. The Bertz CT molecular complexity index is 211. The molecule has 1 nitrogen and oxygen atoms in total. The van der Waals surface area contributed by atoms with Crippen LogP contribution >= 0.6 is 0 Å². The third-order valence-electron chi connectivity index (χ3n) is 2.50. The van der Waals surface area contributed by atoms with Crippen LogP contribution in [0.25, 0.3) is 0 Å². The topological polar surface area (TPSA) is 17.1 Å². The molecule has 0 amide bonds. The molecule has 0 aliphatic carbocycles. The Labute approximate surface area is 87.9 Å². The highest BCUT2D eigenvalue weighted by atomic mass is 16.1. The van der Waals surface area contributed by atoms with Gasteiger partial charge in [0.2, 0.25) is 0 Å². The minimum absolute atomic E-state index is 0.318. The summed E-state index contributed by atoms with van der Waals surface area (Å²) in [7, 11) is 0. The summed E-state index contributed by atoms with van der Waals surface area (Å²) in [4.78, 5) is 10.8. The summed E-state index contributed by atoms with van der Waals surface area (Å²) in [6.07, 6.45) is 5.94. The number of aldehydes is 1. The van der Waals surface area contributed by atoms with Gasteiger partial charge in [0.1, 0.15) is 6.29 Å². The molecule has 0 aromatic heterocycles. The van der Waals surface area contributed by atoms with E-state index in [4.69, 9.17) is 0 Å². The van der Waals surface area contributed by atoms with Crippen LogP contribution in [0.4, 0.5) is 0 Å². The Morgan fingerprint density at radius 2 is 1.86 bits per heavy atom. The van der Waals surface area contributed by atoms with E-state index in [9.17, 15) is 4.79 Å². The van der Waals surface area contributed by atoms with E-state index in [-0.39, 0.29) is 0 Å². The van der Waals surface area contributed by atoms with Crippen LogP contribution in [0.15, 0.2) is 24.3 Å². The molecule has 0 aromatic carbocycles. The molecule has 1 atom stereocenters. The molecule has 0 N–H and O–H groups in total. The van der Waals surface area contributed by atoms with E-state index in [0.29, 0.717) is 17.8 Å². The summed E-state index contributed by atoms with van der Waals surface area (Å²) >= 11 is 0. The summed E-state index contributed by atoms with van der Waals surface area (Å²) < 4.78 is 0. The van der Waals surface area contributed by atoms with Gasteiger partial charge in [-0.25, -0.2) is 0 Å². The molecule has 1 unspecified atom stereocenters. The molecule has 0 saturated carbocycles. The predicted octanol–water partition coefficient (Wildman–Crippen LogP) is 3.62. The molecular formula is C13H22O. The molecule has 0 aliphatic rings. The van der Waals surface area contributed by atoms with Crippen molar-refractivity contribution in [3.63, 3.8) is 0 Å². The number of hydrogen-bond acceptors (Lipinski definition) is 1. The standard InChI is InChI=1S/C13H22O/c1-6-7-12(10(2)3)8-13(9-14)11(4)5/h6,8-12H,1,7H2,2-5H3/b13-8-. The van der Waals surface area contributed by atoms with Gasteiger partial charge in [0.25, 0.3) is 0 Å². The average Bonchev–Trinajstić information content (AvgIpc) is 2.11. The minimum Gasteiger partial charge on any atom is -0.298 e. The zero-order valence-corrected chi connectivity index (χ0v) is 9.79. The fourth-order valence-corrected chi connectivity index (χ4v) is 1.34. The lowest BCUT2D eigenvalue weighted by Gasteiger charge is -2.17. The van der Waals surface area contributed by atoms with Gasteiger partial charge in [0, 0.05) is 0 Å². The second-order valence-electron chi connectivity index (χ2n) is 4.37. The van der Waals surface area contributed by atoms with Gasteiger partial charge in [-0.3, -0.25) is 4.79 Å². The maximum Gasteiger partial charge on any atom is 0.145 e. The second kappa shape index (κ2) is 6.58. The van der Waals surface area contributed by atoms with Crippen LogP contribution < -0.4 is 0 Å². The largest absolute Gasteiger partial charge is 0.298 e. The summed E-state index contributed by atoms with van der Waals surface area (Å²) in [5.41, 5.74) is 0.908. The number of carbonyl (C=O) groups excluding carboxylic acids is 1. The van der Waals surface area contributed by atoms with Gasteiger partial charge in [-0.2, -0.15) is 0 Å². The van der Waals surface area contributed by atoms with Crippen LogP contribution in [0.3, 0.4) is 0 Å². The first-order valence-corrected chi connectivity index (χ1v) is 5.30. The summed E-state index contributed by atoms with van der Waals surface area (Å²) in [6.45, 7) is 12.2. The van der Waals surface area contributed by atoms with Gasteiger partial charge in [-0.1, -0.05) is 39.8 Å². The summed E-state index contributed by atoms with van der Waals surface area (Å²) in [5.74, 6) is 1.32. The van der Waals surface area contributed by atoms with Crippen molar-refractivity contribution in [2.75, 3.05) is 0 Å². The lowest BCUT2D eigenvalue weighted by molar-refractivity contribution is -0.105. The Morgan fingerprint density at radius 1 is 1.29 bits per heavy atom. The van der Waals surface area contributed by atoms with Crippen LogP contribution in [0.1, 0.15) is 34.1 Å². The normalized spacial score (nSPS) is 14.6. The molecule has 14 heavy (non-hydrogen) atoms. The van der Waals surface area contributed by atoms with Crippen molar-refractivity contribution >= 4 is 6.29 Å². The third-order valence-corrected chi connectivity index (χ3v) is 2.50. The molecule has 0 fully saturated rings. The predicted molar refractivity (Wildman–Crippen MR) is 62.1 cm³/mol. The second-order valence-corrected chi connectivity index (χ2v) is 4.37. The van der Waals surface area contributed by atoms with Crippen molar-refractivity contribution in [3.8, 4) is 0 Å². The summed E-state index contributed by atoms with van der Waals surface area (Å²) in [5, 5.41) is 0. The van der Waals surface area contributed by atoms with Gasteiger partial charge in [-0.05, 0) is 29.7 Å². The fourth-order valence-electron chi connectivity index (χ4n) is 1.34. The smallest absolute Gasteiger partial charge is 0.145 e. The molecule has 0 saturated heterocycles. The molecule has 1 heteroatoms. The van der Waals surface area contributed by atoms with Gasteiger partial charge in [0.15, 0.2) is 0 Å². The van der Waals surface area contributed by atoms with Crippen LogP contribution in [-0.2, 0) is 4.79 Å². The zero-order chi connectivity index (χ0) is 11.1. The van der Waals surface area contributed by atoms with E-state index in [1.807, 2.05) is 19.9 Å². The average molecular weight is 194 g/mol. The van der Waals surface area contributed by atoms with Crippen LogP contribution in [-0.4, -0.2) is 6.29 Å². The van der Waals surface area contributed by atoms with Gasteiger partial charge < -0.3 is 0 Å². The van der Waals surface area contributed by atoms with E-state index in [1.165, 1.54) is 0 Å². The molecule has 0 aromatic rings. The number of hydrogen-bond donors (Lipinski definition) is 0. The highest BCUT2D eigenvalue weighted by molar-refractivity contribution is 5.73. The van der Waals surface area contributed by atoms with E-state index in [2.05, 4.69) is 26.5 Å². The van der Waals surface area contributed by atoms with E-state index in [1.54, 1.807) is 0 Å². The molecule has 0 aliphatic heterocycles. The molecule has 0 radical (unpaired) electrons. The molecule has 0 spiro atoms. The van der Waals surface area contributed by atoms with E-state index >= 15 is 0 Å². The third kappa shape index (κ3) is 4.40. The van der Waals surface area contributed by atoms with Crippen molar-refractivity contribution in [2.45, 2.75) is 34.1 Å². The van der Waals surface area contributed by atoms with E-state index < -0.39 is 0 Å². The van der Waals surface area contributed by atoms with Gasteiger partial charge in [-0.15, -0.1) is 6.58 Å². The first kappa shape index (κ1) is 13.2. The first-order chi connectivity index (χ1) is 6.52. The van der Waals surface area contributed by atoms with Crippen LogP contribution in [0.5, 0.6) is 0 Å². The maximum atomic E-state index is 10.8. The molecule has 0 rings (SSSR count). The number of rotatable bonds is 6. The van der Waals surface area contributed by atoms with Crippen molar-refractivity contribution in [2.24, 2.45) is 17.8 Å². The highest BCUT2D eigenvalue weighted by Crippen LogP contribution is 2.21. The van der Waals surface area contributed by atoms with Crippen LogP contribution in [0.2, 0.25) is 0 Å².